The number of nitrogens with zero attached hydrogens (tertiary/aromatic N) is 1. The first kappa shape index (κ1) is 21.3. The highest BCUT2D eigenvalue weighted by Gasteiger charge is 2.24. The third-order valence-corrected chi connectivity index (χ3v) is 5.96. The molecular weight excluding hydrogens is 391 g/mol. The second kappa shape index (κ2) is 10.4. The van der Waals surface area contributed by atoms with Crippen LogP contribution in [-0.2, 0) is 19.6 Å². The molecule has 162 valence electrons. The quantitative estimate of drug-likeness (QED) is 0.510. The molecule has 0 aliphatic heterocycles. The Morgan fingerprint density at radius 2 is 1.68 bits per heavy atom. The molecule has 0 spiro atoms. The third-order valence-electron chi connectivity index (χ3n) is 5.96. The number of furan rings is 1. The van der Waals surface area contributed by atoms with Crippen molar-refractivity contribution in [2.24, 2.45) is 0 Å². The first-order chi connectivity index (χ1) is 15.2. The van der Waals surface area contributed by atoms with Crippen LogP contribution in [-0.4, -0.2) is 16.8 Å². The van der Waals surface area contributed by atoms with Gasteiger partial charge >= 0.3 is 0 Å². The van der Waals surface area contributed by atoms with E-state index in [1.54, 1.807) is 12.1 Å². The number of hydrogen-bond acceptors (Lipinski definition) is 3. The summed E-state index contributed by atoms with van der Waals surface area (Å²) in [5.41, 5.74) is 1.73. The molecule has 4 nitrogen and oxygen atoms in total. The van der Waals surface area contributed by atoms with E-state index < -0.39 is 0 Å². The van der Waals surface area contributed by atoms with E-state index in [1.165, 1.54) is 25.3 Å². The fourth-order valence-corrected chi connectivity index (χ4v) is 4.26. The van der Waals surface area contributed by atoms with Gasteiger partial charge in [0.15, 0.2) is 5.76 Å². The van der Waals surface area contributed by atoms with Crippen LogP contribution >= 0.6 is 0 Å². The lowest BCUT2D eigenvalue weighted by atomic mass is 9.93. The van der Waals surface area contributed by atoms with Gasteiger partial charge in [-0.05, 0) is 36.6 Å². The number of nitrogens with one attached hydrogen (secondary N) is 1. The van der Waals surface area contributed by atoms with Gasteiger partial charge in [-0.1, -0.05) is 67.8 Å². The molecule has 0 saturated heterocycles. The van der Waals surface area contributed by atoms with Crippen LogP contribution in [0.3, 0.4) is 0 Å². The van der Waals surface area contributed by atoms with Gasteiger partial charge in [0.25, 0.3) is 5.91 Å². The number of hydrogen-bond donors (Lipinski definition) is 1. The topological polar surface area (TPSA) is 45.5 Å². The summed E-state index contributed by atoms with van der Waals surface area (Å²) < 4.78 is 20.2. The van der Waals surface area contributed by atoms with Gasteiger partial charge in [0.1, 0.15) is 11.6 Å². The predicted molar refractivity (Wildman–Crippen MR) is 119 cm³/mol. The minimum Gasteiger partial charge on any atom is -0.455 e. The van der Waals surface area contributed by atoms with E-state index in [2.05, 4.69) is 10.2 Å². The zero-order chi connectivity index (χ0) is 21.5. The van der Waals surface area contributed by atoms with Gasteiger partial charge in [0.05, 0.1) is 6.54 Å². The minimum atomic E-state index is -0.228. The molecule has 1 amide bonds. The molecule has 1 aromatic heterocycles. The van der Waals surface area contributed by atoms with E-state index in [0.717, 1.165) is 24.2 Å². The van der Waals surface area contributed by atoms with E-state index in [9.17, 15) is 9.18 Å². The second-order valence-corrected chi connectivity index (χ2v) is 8.22. The fraction of sp³-hybridized carbons (Fsp3) is 0.346. The Morgan fingerprint density at radius 1 is 0.935 bits per heavy atom. The number of halogens is 1. The highest BCUT2D eigenvalue weighted by Crippen LogP contribution is 2.26. The van der Waals surface area contributed by atoms with Crippen molar-refractivity contribution in [1.82, 2.24) is 10.2 Å². The highest BCUT2D eigenvalue weighted by molar-refractivity contribution is 5.91. The average molecular weight is 421 g/mol. The Kier molecular flexibility index (Phi) is 7.15. The molecule has 2 aromatic carbocycles. The molecule has 5 heteroatoms. The van der Waals surface area contributed by atoms with E-state index >= 15 is 0 Å². The maximum Gasteiger partial charge on any atom is 0.287 e. The number of amides is 1. The normalized spacial score (nSPS) is 14.6. The summed E-state index contributed by atoms with van der Waals surface area (Å²) in [6.45, 7) is 1.55. The molecule has 1 fully saturated rings. The Bertz CT molecular complexity index is 980. The number of carbonyl (C=O) groups is 1. The molecule has 1 saturated carbocycles. The van der Waals surface area contributed by atoms with Crippen LogP contribution in [0.2, 0.25) is 0 Å². The molecule has 0 radical (unpaired) electrons. The lowest BCUT2D eigenvalue weighted by molar-refractivity contribution is 0.0913. The van der Waals surface area contributed by atoms with Crippen molar-refractivity contribution in [3.05, 3.63) is 95.2 Å². The van der Waals surface area contributed by atoms with Gasteiger partial charge in [0.2, 0.25) is 0 Å². The summed E-state index contributed by atoms with van der Waals surface area (Å²) in [4.78, 5) is 14.8. The van der Waals surface area contributed by atoms with Crippen LogP contribution in [0.15, 0.2) is 71.1 Å². The fourth-order valence-electron chi connectivity index (χ4n) is 4.26. The zero-order valence-corrected chi connectivity index (χ0v) is 17.7. The van der Waals surface area contributed by atoms with E-state index in [1.807, 2.05) is 48.5 Å². The van der Waals surface area contributed by atoms with Crippen LogP contribution in [0.1, 0.15) is 59.5 Å². The summed E-state index contributed by atoms with van der Waals surface area (Å²) in [6, 6.07) is 20.7. The Morgan fingerprint density at radius 3 is 2.45 bits per heavy atom. The van der Waals surface area contributed by atoms with Crippen LogP contribution < -0.4 is 5.32 Å². The summed E-state index contributed by atoms with van der Waals surface area (Å²) in [5.74, 6) is 0.629. The first-order valence-electron chi connectivity index (χ1n) is 11.1. The van der Waals surface area contributed by atoms with Gasteiger partial charge in [-0.3, -0.25) is 9.69 Å². The third kappa shape index (κ3) is 5.82. The largest absolute Gasteiger partial charge is 0.455 e. The minimum absolute atomic E-state index is 0.177. The highest BCUT2D eigenvalue weighted by atomic mass is 19.1. The summed E-state index contributed by atoms with van der Waals surface area (Å²) in [5, 5.41) is 2.90. The SMILES string of the molecule is O=C(NCc1ccccc1)c1ccc(CN(Cc2ccccc2F)C2CCCCC2)o1. The molecule has 1 aliphatic carbocycles. The van der Waals surface area contributed by atoms with Gasteiger partial charge in [-0.25, -0.2) is 4.39 Å². The average Bonchev–Trinajstić information content (AvgIpc) is 3.28. The van der Waals surface area contributed by atoms with E-state index in [0.29, 0.717) is 37.0 Å². The van der Waals surface area contributed by atoms with Gasteiger partial charge in [0, 0.05) is 24.7 Å². The monoisotopic (exact) mass is 420 g/mol. The van der Waals surface area contributed by atoms with Gasteiger partial charge < -0.3 is 9.73 Å². The molecule has 0 atom stereocenters. The standard InChI is InChI=1S/C26H29FN2O2/c27-24-14-8-7-11-21(24)18-29(22-12-5-2-6-13-22)19-23-15-16-25(31-23)26(30)28-17-20-9-3-1-4-10-20/h1,3-4,7-11,14-16,22H,2,5-6,12-13,17-19H2,(H,28,30). The van der Waals surface area contributed by atoms with Gasteiger partial charge in [-0.15, -0.1) is 0 Å². The molecular formula is C26H29FN2O2. The van der Waals surface area contributed by atoms with Gasteiger partial charge in [-0.2, -0.15) is 0 Å². The maximum absolute atomic E-state index is 14.3. The lowest BCUT2D eigenvalue weighted by Gasteiger charge is -2.34. The molecule has 3 aromatic rings. The van der Waals surface area contributed by atoms with Crippen molar-refractivity contribution >= 4 is 5.91 Å². The molecule has 31 heavy (non-hydrogen) atoms. The molecule has 1 N–H and O–H groups in total. The van der Waals surface area contributed by atoms with Crippen molar-refractivity contribution in [3.63, 3.8) is 0 Å². The van der Waals surface area contributed by atoms with Crippen LogP contribution in [0, 0.1) is 5.82 Å². The Labute approximate surface area is 183 Å². The van der Waals surface area contributed by atoms with Crippen molar-refractivity contribution < 1.29 is 13.6 Å². The predicted octanol–water partition coefficient (Wildman–Crippen LogP) is 5.68. The van der Waals surface area contributed by atoms with Crippen molar-refractivity contribution in [2.75, 3.05) is 0 Å². The van der Waals surface area contributed by atoms with Crippen LogP contribution in [0.4, 0.5) is 4.39 Å². The van der Waals surface area contributed by atoms with Crippen molar-refractivity contribution in [1.29, 1.82) is 0 Å². The smallest absolute Gasteiger partial charge is 0.287 e. The molecule has 0 bridgehead atoms. The molecule has 0 unspecified atom stereocenters. The number of carbonyl (C=O) groups excluding carboxylic acids is 1. The number of rotatable bonds is 8. The summed E-state index contributed by atoms with van der Waals surface area (Å²) in [7, 11) is 0. The summed E-state index contributed by atoms with van der Waals surface area (Å²) >= 11 is 0. The molecule has 1 aliphatic rings. The van der Waals surface area contributed by atoms with E-state index in [-0.39, 0.29) is 11.7 Å². The first-order valence-corrected chi connectivity index (χ1v) is 11.1. The summed E-state index contributed by atoms with van der Waals surface area (Å²) in [6.07, 6.45) is 5.88. The Balaban J connectivity index is 1.42. The maximum atomic E-state index is 14.3. The van der Waals surface area contributed by atoms with Crippen molar-refractivity contribution in [3.8, 4) is 0 Å². The zero-order valence-electron chi connectivity index (χ0n) is 17.7. The molecule has 4 rings (SSSR count). The van der Waals surface area contributed by atoms with E-state index in [4.69, 9.17) is 4.42 Å². The van der Waals surface area contributed by atoms with Crippen LogP contribution in [0.5, 0.6) is 0 Å². The van der Waals surface area contributed by atoms with Crippen LogP contribution in [0.25, 0.3) is 0 Å². The molecule has 1 heterocycles. The second-order valence-electron chi connectivity index (χ2n) is 8.22. The number of benzene rings is 2. The Hall–Kier alpha value is -2.92. The van der Waals surface area contributed by atoms with Crippen molar-refractivity contribution in [2.45, 2.75) is 57.8 Å². The lowest BCUT2D eigenvalue weighted by Crippen LogP contribution is -2.36.